The molecule has 1 saturated heterocycles. The Hall–Kier alpha value is -3.61. The zero-order valence-corrected chi connectivity index (χ0v) is 17.7. The highest BCUT2D eigenvalue weighted by Crippen LogP contribution is 2.25. The molecule has 2 aromatic carbocycles. The quantitative estimate of drug-likeness (QED) is 0.666. The van der Waals surface area contributed by atoms with Crippen LogP contribution in [0, 0.1) is 0 Å². The van der Waals surface area contributed by atoms with Crippen molar-refractivity contribution in [2.75, 3.05) is 30.4 Å². The number of hydrogen-bond donors (Lipinski definition) is 1. The number of nitrogens with zero attached hydrogens (tertiary/aromatic N) is 4. The SMILES string of the molecule is CN(Cc1ccccc1N1CCCC1)C(=O)Nc1cccc(Cn2cccnc2=O)c1. The first kappa shape index (κ1) is 20.7. The van der Waals surface area contributed by atoms with Crippen LogP contribution in [0.5, 0.6) is 0 Å². The summed E-state index contributed by atoms with van der Waals surface area (Å²) in [6, 6.07) is 17.4. The Morgan fingerprint density at radius 1 is 1.10 bits per heavy atom. The van der Waals surface area contributed by atoms with E-state index in [4.69, 9.17) is 0 Å². The highest BCUT2D eigenvalue weighted by molar-refractivity contribution is 5.89. The summed E-state index contributed by atoms with van der Waals surface area (Å²) in [5.41, 5.74) is 3.66. The highest BCUT2D eigenvalue weighted by atomic mass is 16.2. The molecule has 1 N–H and O–H groups in total. The molecule has 3 aromatic rings. The number of amides is 2. The number of benzene rings is 2. The van der Waals surface area contributed by atoms with Gasteiger partial charge in [0.25, 0.3) is 0 Å². The Labute approximate surface area is 182 Å². The van der Waals surface area contributed by atoms with Gasteiger partial charge in [0, 0.05) is 50.5 Å². The standard InChI is InChI=1S/C24H27N5O2/c1-27(18-20-9-2-3-11-22(20)28-13-4-5-14-28)24(31)26-21-10-6-8-19(16-21)17-29-15-7-12-25-23(29)30/h2-3,6-12,15-16H,4-5,13-14,17-18H2,1H3,(H,26,31). The first-order valence-electron chi connectivity index (χ1n) is 10.6. The van der Waals surface area contributed by atoms with Crippen LogP contribution in [0.1, 0.15) is 24.0 Å². The predicted molar refractivity (Wildman–Crippen MR) is 122 cm³/mol. The van der Waals surface area contributed by atoms with Crippen molar-refractivity contribution in [1.82, 2.24) is 14.5 Å². The maximum Gasteiger partial charge on any atom is 0.347 e. The van der Waals surface area contributed by atoms with Crippen LogP contribution in [0.4, 0.5) is 16.2 Å². The van der Waals surface area contributed by atoms with E-state index in [1.165, 1.54) is 29.3 Å². The third kappa shape index (κ3) is 5.12. The van der Waals surface area contributed by atoms with Crippen molar-refractivity contribution < 1.29 is 4.79 Å². The number of hydrogen-bond acceptors (Lipinski definition) is 4. The second-order valence-electron chi connectivity index (χ2n) is 7.84. The molecule has 2 amide bonds. The Bertz CT molecular complexity index is 1100. The average Bonchev–Trinajstić information content (AvgIpc) is 3.31. The number of carbonyl (C=O) groups is 1. The van der Waals surface area contributed by atoms with Crippen LogP contribution in [-0.4, -0.2) is 40.6 Å². The van der Waals surface area contributed by atoms with Crippen LogP contribution in [0.25, 0.3) is 0 Å². The van der Waals surface area contributed by atoms with Gasteiger partial charge in [-0.2, -0.15) is 0 Å². The summed E-state index contributed by atoms with van der Waals surface area (Å²) in [4.78, 5) is 32.5. The van der Waals surface area contributed by atoms with Gasteiger partial charge in [0.05, 0.1) is 6.54 Å². The van der Waals surface area contributed by atoms with Gasteiger partial charge in [0.2, 0.25) is 0 Å². The summed E-state index contributed by atoms with van der Waals surface area (Å²) in [6.45, 7) is 3.07. The maximum absolute atomic E-state index is 12.8. The Morgan fingerprint density at radius 3 is 2.71 bits per heavy atom. The van der Waals surface area contributed by atoms with Gasteiger partial charge in [-0.3, -0.25) is 4.57 Å². The number of carbonyl (C=O) groups excluding carboxylic acids is 1. The Balaban J connectivity index is 1.42. The fraction of sp³-hybridized carbons (Fsp3) is 0.292. The van der Waals surface area contributed by atoms with E-state index in [9.17, 15) is 9.59 Å². The second kappa shape index (κ2) is 9.47. The molecule has 0 unspecified atom stereocenters. The van der Waals surface area contributed by atoms with Crippen molar-refractivity contribution in [3.8, 4) is 0 Å². The zero-order chi connectivity index (χ0) is 21.6. The van der Waals surface area contributed by atoms with Gasteiger partial charge in [0.15, 0.2) is 0 Å². The zero-order valence-electron chi connectivity index (χ0n) is 17.7. The molecule has 0 spiro atoms. The molecule has 0 radical (unpaired) electrons. The molecule has 1 fully saturated rings. The lowest BCUT2D eigenvalue weighted by atomic mass is 10.1. The van der Waals surface area contributed by atoms with Crippen LogP contribution < -0.4 is 15.9 Å². The number of rotatable bonds is 6. The number of urea groups is 1. The van der Waals surface area contributed by atoms with Crippen molar-refractivity contribution >= 4 is 17.4 Å². The average molecular weight is 418 g/mol. The molecule has 0 atom stereocenters. The summed E-state index contributed by atoms with van der Waals surface area (Å²) in [5.74, 6) is 0. The van der Waals surface area contributed by atoms with Gasteiger partial charge in [-0.15, -0.1) is 0 Å². The van der Waals surface area contributed by atoms with Gasteiger partial charge < -0.3 is 15.1 Å². The molecular formula is C24H27N5O2. The van der Waals surface area contributed by atoms with E-state index >= 15 is 0 Å². The third-order valence-corrected chi connectivity index (χ3v) is 5.51. The molecule has 7 heteroatoms. The third-order valence-electron chi connectivity index (χ3n) is 5.51. The van der Waals surface area contributed by atoms with Crippen molar-refractivity contribution in [3.63, 3.8) is 0 Å². The van der Waals surface area contributed by atoms with Crippen LogP contribution in [0.2, 0.25) is 0 Å². The van der Waals surface area contributed by atoms with Gasteiger partial charge >= 0.3 is 11.7 Å². The molecule has 31 heavy (non-hydrogen) atoms. The summed E-state index contributed by atoms with van der Waals surface area (Å²) < 4.78 is 1.53. The van der Waals surface area contributed by atoms with E-state index in [2.05, 4.69) is 33.4 Å². The van der Waals surface area contributed by atoms with E-state index in [1.54, 1.807) is 24.2 Å². The largest absolute Gasteiger partial charge is 0.371 e. The molecule has 7 nitrogen and oxygen atoms in total. The Morgan fingerprint density at radius 2 is 1.90 bits per heavy atom. The van der Waals surface area contributed by atoms with Gasteiger partial charge in [-0.25, -0.2) is 14.6 Å². The molecule has 1 aliphatic rings. The van der Waals surface area contributed by atoms with Gasteiger partial charge in [-0.05, 0) is 48.2 Å². The summed E-state index contributed by atoms with van der Waals surface area (Å²) in [7, 11) is 1.80. The lowest BCUT2D eigenvalue weighted by Gasteiger charge is -2.24. The summed E-state index contributed by atoms with van der Waals surface area (Å²) in [6.07, 6.45) is 5.61. The minimum Gasteiger partial charge on any atom is -0.371 e. The van der Waals surface area contributed by atoms with Crippen LogP contribution in [-0.2, 0) is 13.1 Å². The predicted octanol–water partition coefficient (Wildman–Crippen LogP) is 3.56. The molecule has 1 aromatic heterocycles. The minimum atomic E-state index is -0.298. The molecule has 0 bridgehead atoms. The van der Waals surface area contributed by atoms with E-state index in [0.29, 0.717) is 18.8 Å². The van der Waals surface area contributed by atoms with E-state index in [0.717, 1.165) is 24.2 Å². The summed E-state index contributed by atoms with van der Waals surface area (Å²) in [5, 5.41) is 2.96. The molecule has 4 rings (SSSR count). The van der Waals surface area contributed by atoms with Crippen LogP contribution in [0.15, 0.2) is 71.8 Å². The van der Waals surface area contributed by atoms with E-state index in [1.807, 2.05) is 30.3 Å². The number of aromatic nitrogens is 2. The molecular weight excluding hydrogens is 390 g/mol. The Kier molecular flexibility index (Phi) is 6.31. The fourth-order valence-corrected chi connectivity index (χ4v) is 3.91. The smallest absolute Gasteiger partial charge is 0.347 e. The van der Waals surface area contributed by atoms with Gasteiger partial charge in [0.1, 0.15) is 0 Å². The summed E-state index contributed by atoms with van der Waals surface area (Å²) >= 11 is 0. The van der Waals surface area contributed by atoms with Crippen molar-refractivity contribution in [1.29, 1.82) is 0 Å². The number of nitrogens with one attached hydrogen (secondary N) is 1. The molecule has 2 heterocycles. The fourth-order valence-electron chi connectivity index (χ4n) is 3.91. The molecule has 1 aliphatic heterocycles. The normalized spacial score (nSPS) is 13.3. The second-order valence-corrected chi connectivity index (χ2v) is 7.84. The highest BCUT2D eigenvalue weighted by Gasteiger charge is 2.17. The molecule has 0 saturated carbocycles. The van der Waals surface area contributed by atoms with Gasteiger partial charge in [-0.1, -0.05) is 30.3 Å². The van der Waals surface area contributed by atoms with Crippen molar-refractivity contribution in [2.45, 2.75) is 25.9 Å². The molecule has 0 aliphatic carbocycles. The maximum atomic E-state index is 12.8. The van der Waals surface area contributed by atoms with E-state index < -0.39 is 0 Å². The molecule has 160 valence electrons. The minimum absolute atomic E-state index is 0.174. The first-order chi connectivity index (χ1) is 15.1. The van der Waals surface area contributed by atoms with Crippen molar-refractivity contribution in [2.24, 2.45) is 0 Å². The van der Waals surface area contributed by atoms with Crippen LogP contribution >= 0.6 is 0 Å². The van der Waals surface area contributed by atoms with Crippen molar-refractivity contribution in [3.05, 3.63) is 88.6 Å². The monoisotopic (exact) mass is 417 g/mol. The lowest BCUT2D eigenvalue weighted by Crippen LogP contribution is -2.31. The van der Waals surface area contributed by atoms with Crippen LogP contribution in [0.3, 0.4) is 0 Å². The first-order valence-corrected chi connectivity index (χ1v) is 10.6. The lowest BCUT2D eigenvalue weighted by molar-refractivity contribution is 0.220. The topological polar surface area (TPSA) is 70.5 Å². The number of para-hydroxylation sites is 1. The number of anilines is 2. The van der Waals surface area contributed by atoms with E-state index in [-0.39, 0.29) is 11.7 Å².